The molecule has 0 unspecified atom stereocenters. The lowest BCUT2D eigenvalue weighted by Crippen LogP contribution is -2.31. The Labute approximate surface area is 159 Å². The number of anilines is 3. The molecule has 0 amide bonds. The average Bonchev–Trinajstić information content (AvgIpc) is 2.68. The van der Waals surface area contributed by atoms with E-state index in [2.05, 4.69) is 44.5 Å². The molecular formula is C21H23N5O. The van der Waals surface area contributed by atoms with Gasteiger partial charge in [0.05, 0.1) is 12.8 Å². The number of hydrogen-bond acceptors (Lipinski definition) is 6. The van der Waals surface area contributed by atoms with E-state index in [1.165, 1.54) is 5.56 Å². The molecule has 3 aromatic rings. The van der Waals surface area contributed by atoms with Crippen molar-refractivity contribution in [3.05, 3.63) is 71.4 Å². The number of aromatic nitrogens is 2. The van der Waals surface area contributed by atoms with Gasteiger partial charge in [-0.15, -0.1) is 0 Å². The molecule has 1 aliphatic rings. The maximum Gasteiger partial charge on any atom is 0.222 e. The maximum atomic E-state index is 5.98. The van der Waals surface area contributed by atoms with Crippen LogP contribution >= 0.6 is 0 Å². The number of rotatable bonds is 5. The summed E-state index contributed by atoms with van der Waals surface area (Å²) < 4.78 is 5.30. The van der Waals surface area contributed by atoms with Crippen molar-refractivity contribution in [2.45, 2.75) is 19.5 Å². The van der Waals surface area contributed by atoms with Crippen molar-refractivity contribution in [3.8, 4) is 5.75 Å². The second-order valence-electron chi connectivity index (χ2n) is 6.66. The highest BCUT2D eigenvalue weighted by Crippen LogP contribution is 2.28. The van der Waals surface area contributed by atoms with Crippen LogP contribution in [0.3, 0.4) is 0 Å². The minimum atomic E-state index is 0.292. The highest BCUT2D eigenvalue weighted by Gasteiger charge is 2.22. The van der Waals surface area contributed by atoms with Crippen molar-refractivity contribution in [2.75, 3.05) is 24.7 Å². The summed E-state index contributed by atoms with van der Waals surface area (Å²) >= 11 is 0. The van der Waals surface area contributed by atoms with Crippen LogP contribution in [0.4, 0.5) is 17.5 Å². The van der Waals surface area contributed by atoms with E-state index in [0.717, 1.165) is 54.6 Å². The second-order valence-corrected chi connectivity index (χ2v) is 6.66. The average molecular weight is 361 g/mol. The molecule has 27 heavy (non-hydrogen) atoms. The molecule has 6 heteroatoms. The third-order valence-corrected chi connectivity index (χ3v) is 4.74. The zero-order valence-electron chi connectivity index (χ0n) is 15.4. The Bertz CT molecular complexity index is 929. The Morgan fingerprint density at radius 1 is 1.11 bits per heavy atom. The van der Waals surface area contributed by atoms with Crippen molar-refractivity contribution in [2.24, 2.45) is 0 Å². The van der Waals surface area contributed by atoms with Crippen LogP contribution in [0.25, 0.3) is 0 Å². The minimum Gasteiger partial charge on any atom is -0.497 e. The van der Waals surface area contributed by atoms with Crippen LogP contribution in [0, 0.1) is 0 Å². The molecule has 0 fully saturated rings. The Hall–Kier alpha value is -3.12. The molecule has 2 heterocycles. The van der Waals surface area contributed by atoms with E-state index in [1.807, 2.05) is 30.3 Å². The molecule has 0 radical (unpaired) electrons. The van der Waals surface area contributed by atoms with Crippen LogP contribution in [0.5, 0.6) is 5.75 Å². The number of nitrogens with two attached hydrogens (primary N) is 1. The highest BCUT2D eigenvalue weighted by molar-refractivity contribution is 5.63. The lowest BCUT2D eigenvalue weighted by Gasteiger charge is -2.29. The van der Waals surface area contributed by atoms with Gasteiger partial charge in [0, 0.05) is 37.0 Å². The van der Waals surface area contributed by atoms with Crippen molar-refractivity contribution in [1.29, 1.82) is 0 Å². The Kier molecular flexibility index (Phi) is 4.89. The topological polar surface area (TPSA) is 76.3 Å². The maximum absolute atomic E-state index is 5.98. The summed E-state index contributed by atoms with van der Waals surface area (Å²) in [6.45, 7) is 2.63. The van der Waals surface area contributed by atoms with Gasteiger partial charge in [0.1, 0.15) is 11.6 Å². The predicted octanol–water partition coefficient (Wildman–Crippen LogP) is 3.37. The van der Waals surface area contributed by atoms with Gasteiger partial charge >= 0.3 is 0 Å². The van der Waals surface area contributed by atoms with E-state index < -0.39 is 0 Å². The van der Waals surface area contributed by atoms with Gasteiger partial charge < -0.3 is 15.8 Å². The first-order valence-electron chi connectivity index (χ1n) is 9.04. The molecule has 4 rings (SSSR count). The summed E-state index contributed by atoms with van der Waals surface area (Å²) in [6, 6.07) is 18.3. The molecule has 3 N–H and O–H groups in total. The van der Waals surface area contributed by atoms with E-state index in [0.29, 0.717) is 5.95 Å². The third-order valence-electron chi connectivity index (χ3n) is 4.74. The molecule has 0 spiro atoms. The molecule has 1 aliphatic heterocycles. The Morgan fingerprint density at radius 3 is 2.78 bits per heavy atom. The van der Waals surface area contributed by atoms with Crippen LogP contribution in [-0.4, -0.2) is 28.5 Å². The van der Waals surface area contributed by atoms with Gasteiger partial charge in [0.15, 0.2) is 0 Å². The first kappa shape index (κ1) is 17.3. The SMILES string of the molecule is COc1cccc(Nc2nc(N)nc3c2CCN(Cc2ccccc2)C3)c1. The number of fused-ring (bicyclic) bond motifs is 1. The molecule has 0 saturated heterocycles. The van der Waals surface area contributed by atoms with E-state index >= 15 is 0 Å². The molecule has 0 aliphatic carbocycles. The summed E-state index contributed by atoms with van der Waals surface area (Å²) in [5.41, 5.74) is 10.3. The minimum absolute atomic E-state index is 0.292. The summed E-state index contributed by atoms with van der Waals surface area (Å²) in [7, 11) is 1.66. The summed E-state index contributed by atoms with van der Waals surface area (Å²) in [4.78, 5) is 11.3. The molecule has 1 aromatic heterocycles. The van der Waals surface area contributed by atoms with Gasteiger partial charge in [-0.05, 0) is 24.1 Å². The van der Waals surface area contributed by atoms with Crippen molar-refractivity contribution >= 4 is 17.5 Å². The summed E-state index contributed by atoms with van der Waals surface area (Å²) in [5, 5.41) is 3.38. The fourth-order valence-corrected chi connectivity index (χ4v) is 3.42. The van der Waals surface area contributed by atoms with Crippen LogP contribution < -0.4 is 15.8 Å². The van der Waals surface area contributed by atoms with Crippen LogP contribution in [0.15, 0.2) is 54.6 Å². The van der Waals surface area contributed by atoms with E-state index in [4.69, 9.17) is 10.5 Å². The van der Waals surface area contributed by atoms with E-state index in [1.54, 1.807) is 7.11 Å². The quantitative estimate of drug-likeness (QED) is 0.726. The van der Waals surface area contributed by atoms with Gasteiger partial charge in [-0.25, -0.2) is 4.98 Å². The smallest absolute Gasteiger partial charge is 0.222 e. The molecular weight excluding hydrogens is 338 g/mol. The molecule has 6 nitrogen and oxygen atoms in total. The summed E-state index contributed by atoms with van der Waals surface area (Å²) in [6.07, 6.45) is 0.884. The van der Waals surface area contributed by atoms with Crippen molar-refractivity contribution in [3.63, 3.8) is 0 Å². The van der Waals surface area contributed by atoms with Crippen LogP contribution in [0.2, 0.25) is 0 Å². The largest absolute Gasteiger partial charge is 0.497 e. The van der Waals surface area contributed by atoms with Crippen molar-refractivity contribution in [1.82, 2.24) is 14.9 Å². The second kappa shape index (κ2) is 7.63. The number of benzene rings is 2. The number of methoxy groups -OCH3 is 1. The Balaban J connectivity index is 1.56. The molecule has 0 saturated carbocycles. The molecule has 0 atom stereocenters. The number of hydrogen-bond donors (Lipinski definition) is 2. The van der Waals surface area contributed by atoms with Crippen LogP contribution in [-0.2, 0) is 19.5 Å². The molecule has 138 valence electrons. The fraction of sp³-hybridized carbons (Fsp3) is 0.238. The zero-order valence-corrected chi connectivity index (χ0v) is 15.4. The highest BCUT2D eigenvalue weighted by atomic mass is 16.5. The number of nitrogen functional groups attached to an aromatic ring is 1. The zero-order chi connectivity index (χ0) is 18.6. The number of ether oxygens (including phenoxy) is 1. The molecule has 0 bridgehead atoms. The van der Waals surface area contributed by atoms with Gasteiger partial charge in [-0.2, -0.15) is 4.98 Å². The third kappa shape index (κ3) is 4.01. The first-order chi connectivity index (χ1) is 13.2. The Morgan fingerprint density at radius 2 is 1.96 bits per heavy atom. The van der Waals surface area contributed by atoms with Crippen LogP contribution in [0.1, 0.15) is 16.8 Å². The lowest BCUT2D eigenvalue weighted by molar-refractivity contribution is 0.241. The summed E-state index contributed by atoms with van der Waals surface area (Å²) in [5.74, 6) is 1.87. The van der Waals surface area contributed by atoms with Gasteiger partial charge in [0.2, 0.25) is 5.95 Å². The van der Waals surface area contributed by atoms with E-state index in [-0.39, 0.29) is 0 Å². The number of nitrogens with one attached hydrogen (secondary N) is 1. The first-order valence-corrected chi connectivity index (χ1v) is 9.04. The standard InChI is InChI=1S/C21H23N5O/c1-27-17-9-5-8-16(12-17)23-20-18-10-11-26(13-15-6-3-2-4-7-15)14-19(18)24-21(22)25-20/h2-9,12H,10-11,13-14H2,1H3,(H3,22,23,24,25). The van der Waals surface area contributed by atoms with Gasteiger partial charge in [-0.1, -0.05) is 36.4 Å². The molecule has 2 aromatic carbocycles. The predicted molar refractivity (Wildman–Crippen MR) is 107 cm³/mol. The monoisotopic (exact) mass is 361 g/mol. The lowest BCUT2D eigenvalue weighted by atomic mass is 10.0. The number of nitrogens with zero attached hydrogens (tertiary/aromatic N) is 3. The van der Waals surface area contributed by atoms with Crippen molar-refractivity contribution < 1.29 is 4.74 Å². The van der Waals surface area contributed by atoms with Gasteiger partial charge in [-0.3, -0.25) is 4.90 Å². The fourth-order valence-electron chi connectivity index (χ4n) is 3.42. The van der Waals surface area contributed by atoms with Gasteiger partial charge in [0.25, 0.3) is 0 Å². The van der Waals surface area contributed by atoms with E-state index in [9.17, 15) is 0 Å². The normalized spacial score (nSPS) is 13.8.